The standard InChI is InChI=1S/C10H17N3OS/c1-7-9(11)13-15-10(7)12-4-5-14-6-8-2-3-8/h8,12H,2-6H2,1H3,(H2,11,13). The lowest BCUT2D eigenvalue weighted by atomic mass is 10.3. The fourth-order valence-electron chi connectivity index (χ4n) is 1.28. The summed E-state index contributed by atoms with van der Waals surface area (Å²) in [7, 11) is 0. The molecule has 1 aliphatic rings. The first kappa shape index (κ1) is 10.7. The minimum absolute atomic E-state index is 0.626. The number of anilines is 2. The monoisotopic (exact) mass is 227 g/mol. The Hall–Kier alpha value is -0.810. The van der Waals surface area contributed by atoms with Gasteiger partial charge in [-0.1, -0.05) is 0 Å². The van der Waals surface area contributed by atoms with Gasteiger partial charge in [-0.25, -0.2) is 0 Å². The lowest BCUT2D eigenvalue weighted by Gasteiger charge is -2.05. The Labute approximate surface area is 94.0 Å². The highest BCUT2D eigenvalue weighted by Gasteiger charge is 2.20. The summed E-state index contributed by atoms with van der Waals surface area (Å²) in [6.07, 6.45) is 2.69. The highest BCUT2D eigenvalue weighted by atomic mass is 32.1. The minimum atomic E-state index is 0.626. The van der Waals surface area contributed by atoms with Crippen molar-refractivity contribution >= 4 is 22.4 Å². The molecule has 84 valence electrons. The van der Waals surface area contributed by atoms with Crippen LogP contribution in [0.15, 0.2) is 0 Å². The number of nitrogens with two attached hydrogens (primary N) is 1. The largest absolute Gasteiger partial charge is 0.383 e. The molecule has 0 unspecified atom stereocenters. The molecule has 0 saturated heterocycles. The van der Waals surface area contributed by atoms with Crippen molar-refractivity contribution in [3.8, 4) is 0 Å². The topological polar surface area (TPSA) is 60.2 Å². The molecule has 0 amide bonds. The third kappa shape index (κ3) is 3.07. The van der Waals surface area contributed by atoms with E-state index in [1.165, 1.54) is 24.4 Å². The van der Waals surface area contributed by atoms with Crippen molar-refractivity contribution in [3.05, 3.63) is 5.56 Å². The van der Waals surface area contributed by atoms with Crippen molar-refractivity contribution in [2.75, 3.05) is 30.8 Å². The van der Waals surface area contributed by atoms with E-state index >= 15 is 0 Å². The summed E-state index contributed by atoms with van der Waals surface area (Å²) in [5.41, 5.74) is 6.69. The van der Waals surface area contributed by atoms with E-state index in [0.29, 0.717) is 5.82 Å². The number of hydrogen-bond donors (Lipinski definition) is 2. The second kappa shape index (κ2) is 4.81. The van der Waals surface area contributed by atoms with Crippen molar-refractivity contribution in [3.63, 3.8) is 0 Å². The summed E-state index contributed by atoms with van der Waals surface area (Å²) >= 11 is 1.41. The average molecular weight is 227 g/mol. The molecule has 1 fully saturated rings. The van der Waals surface area contributed by atoms with Crippen molar-refractivity contribution in [2.24, 2.45) is 5.92 Å². The van der Waals surface area contributed by atoms with Crippen LogP contribution in [0.2, 0.25) is 0 Å². The van der Waals surface area contributed by atoms with Crippen molar-refractivity contribution < 1.29 is 4.74 Å². The van der Waals surface area contributed by atoms with Crippen LogP contribution in [0.1, 0.15) is 18.4 Å². The van der Waals surface area contributed by atoms with Gasteiger partial charge >= 0.3 is 0 Å². The summed E-state index contributed by atoms with van der Waals surface area (Å²) in [4.78, 5) is 0. The number of rotatable bonds is 6. The molecule has 0 radical (unpaired) electrons. The number of nitrogen functional groups attached to an aromatic ring is 1. The Morgan fingerprint density at radius 2 is 2.40 bits per heavy atom. The average Bonchev–Trinajstić information content (AvgIpc) is 2.99. The van der Waals surface area contributed by atoms with E-state index < -0.39 is 0 Å². The van der Waals surface area contributed by atoms with Gasteiger partial charge in [0.15, 0.2) is 0 Å². The molecule has 3 N–H and O–H groups in total. The van der Waals surface area contributed by atoms with Gasteiger partial charge in [0, 0.05) is 18.7 Å². The Kier molecular flexibility index (Phi) is 3.43. The third-order valence-electron chi connectivity index (χ3n) is 2.54. The van der Waals surface area contributed by atoms with E-state index in [1.807, 2.05) is 6.92 Å². The zero-order valence-corrected chi connectivity index (χ0v) is 9.77. The SMILES string of the molecule is Cc1c(N)nsc1NCCOCC1CC1. The summed E-state index contributed by atoms with van der Waals surface area (Å²) in [5, 5.41) is 4.34. The molecular formula is C10H17N3OS. The highest BCUT2D eigenvalue weighted by Crippen LogP contribution is 2.28. The molecule has 1 aromatic heterocycles. The zero-order chi connectivity index (χ0) is 10.7. The molecule has 0 aromatic carbocycles. The predicted molar refractivity (Wildman–Crippen MR) is 63.3 cm³/mol. The zero-order valence-electron chi connectivity index (χ0n) is 8.95. The lowest BCUT2D eigenvalue weighted by Crippen LogP contribution is -2.10. The van der Waals surface area contributed by atoms with Gasteiger partial charge in [0.2, 0.25) is 0 Å². The van der Waals surface area contributed by atoms with Gasteiger partial charge in [-0.2, -0.15) is 4.37 Å². The van der Waals surface area contributed by atoms with Crippen LogP contribution in [0.3, 0.4) is 0 Å². The number of aromatic nitrogens is 1. The van der Waals surface area contributed by atoms with Gasteiger partial charge in [-0.05, 0) is 37.2 Å². The van der Waals surface area contributed by atoms with E-state index in [1.54, 1.807) is 0 Å². The molecule has 4 nitrogen and oxygen atoms in total. The van der Waals surface area contributed by atoms with Crippen LogP contribution in [-0.4, -0.2) is 24.1 Å². The maximum Gasteiger partial charge on any atom is 0.142 e. The van der Waals surface area contributed by atoms with Gasteiger partial charge in [0.05, 0.1) is 6.61 Å². The molecule has 0 bridgehead atoms. The van der Waals surface area contributed by atoms with Gasteiger partial charge in [-0.3, -0.25) is 0 Å². The van der Waals surface area contributed by atoms with E-state index in [4.69, 9.17) is 10.5 Å². The predicted octanol–water partition coefficient (Wildman–Crippen LogP) is 1.87. The van der Waals surface area contributed by atoms with E-state index in [9.17, 15) is 0 Å². The van der Waals surface area contributed by atoms with Gasteiger partial charge in [-0.15, -0.1) is 0 Å². The van der Waals surface area contributed by atoms with Crippen LogP contribution in [0.4, 0.5) is 10.8 Å². The van der Waals surface area contributed by atoms with E-state index in [2.05, 4.69) is 9.69 Å². The van der Waals surface area contributed by atoms with Crippen LogP contribution >= 0.6 is 11.5 Å². The molecule has 1 aromatic rings. The quantitative estimate of drug-likeness (QED) is 0.728. The van der Waals surface area contributed by atoms with Gasteiger partial charge < -0.3 is 15.8 Å². The van der Waals surface area contributed by atoms with E-state index in [-0.39, 0.29) is 0 Å². The molecule has 5 heteroatoms. The Morgan fingerprint density at radius 3 is 3.00 bits per heavy atom. The first-order chi connectivity index (χ1) is 7.27. The van der Waals surface area contributed by atoms with Crippen LogP contribution in [0.5, 0.6) is 0 Å². The van der Waals surface area contributed by atoms with Crippen LogP contribution in [0.25, 0.3) is 0 Å². The number of ether oxygens (including phenoxy) is 1. The summed E-state index contributed by atoms with van der Waals surface area (Å²) < 4.78 is 9.59. The van der Waals surface area contributed by atoms with Gasteiger partial charge in [0.1, 0.15) is 10.8 Å². The summed E-state index contributed by atoms with van der Waals surface area (Å²) in [6, 6.07) is 0. The lowest BCUT2D eigenvalue weighted by molar-refractivity contribution is 0.134. The molecule has 0 atom stereocenters. The summed E-state index contributed by atoms with van der Waals surface area (Å²) in [6.45, 7) is 4.49. The third-order valence-corrected chi connectivity index (χ3v) is 3.46. The maximum atomic E-state index is 5.65. The highest BCUT2D eigenvalue weighted by molar-refractivity contribution is 7.10. The second-order valence-corrected chi connectivity index (χ2v) is 4.74. The van der Waals surface area contributed by atoms with Crippen LogP contribution in [0, 0.1) is 12.8 Å². The molecule has 0 aliphatic heterocycles. The number of hydrogen-bond acceptors (Lipinski definition) is 5. The molecule has 1 heterocycles. The second-order valence-electron chi connectivity index (χ2n) is 3.97. The van der Waals surface area contributed by atoms with Crippen molar-refractivity contribution in [2.45, 2.75) is 19.8 Å². The Morgan fingerprint density at radius 1 is 1.60 bits per heavy atom. The molecule has 2 rings (SSSR count). The summed E-state index contributed by atoms with van der Waals surface area (Å²) in [5.74, 6) is 1.46. The van der Waals surface area contributed by atoms with Crippen LogP contribution < -0.4 is 11.1 Å². The minimum Gasteiger partial charge on any atom is -0.383 e. The molecule has 0 spiro atoms. The van der Waals surface area contributed by atoms with Gasteiger partial charge in [0.25, 0.3) is 0 Å². The normalized spacial score (nSPS) is 15.5. The molecular weight excluding hydrogens is 210 g/mol. The fraction of sp³-hybridized carbons (Fsp3) is 0.700. The van der Waals surface area contributed by atoms with Crippen molar-refractivity contribution in [1.82, 2.24) is 4.37 Å². The van der Waals surface area contributed by atoms with Crippen LogP contribution in [-0.2, 0) is 4.74 Å². The number of nitrogens with zero attached hydrogens (tertiary/aromatic N) is 1. The fourth-order valence-corrected chi connectivity index (χ4v) is 2.02. The van der Waals surface area contributed by atoms with Crippen molar-refractivity contribution in [1.29, 1.82) is 0 Å². The van der Waals surface area contributed by atoms with E-state index in [0.717, 1.165) is 36.2 Å². The Balaban J connectivity index is 1.62. The molecule has 1 saturated carbocycles. The molecule has 1 aliphatic carbocycles. The smallest absolute Gasteiger partial charge is 0.142 e. The number of nitrogens with one attached hydrogen (secondary N) is 1. The maximum absolute atomic E-state index is 5.65. The first-order valence-electron chi connectivity index (χ1n) is 5.30. The Bertz CT molecular complexity index is 322. The first-order valence-corrected chi connectivity index (χ1v) is 6.08. The molecule has 15 heavy (non-hydrogen) atoms.